The van der Waals surface area contributed by atoms with Crippen LogP contribution in [0.2, 0.25) is 0 Å². The van der Waals surface area contributed by atoms with E-state index in [0.29, 0.717) is 6.42 Å². The van der Waals surface area contributed by atoms with E-state index in [1.807, 2.05) is 26.8 Å². The van der Waals surface area contributed by atoms with Crippen LogP contribution in [0, 0.1) is 0 Å². The summed E-state index contributed by atoms with van der Waals surface area (Å²) in [6.45, 7) is 5.97. The lowest BCUT2D eigenvalue weighted by Crippen LogP contribution is -2.04. The Bertz CT molecular complexity index is 996. The Labute approximate surface area is 182 Å². The van der Waals surface area contributed by atoms with E-state index in [9.17, 15) is 30.3 Å². The smallest absolute Gasteiger partial charge is 0.201 e. The second-order valence-corrected chi connectivity index (χ2v) is 7.91. The number of ketones is 1. The van der Waals surface area contributed by atoms with Crippen molar-refractivity contribution in [1.29, 1.82) is 0 Å². The highest BCUT2D eigenvalue weighted by Crippen LogP contribution is 2.47. The van der Waals surface area contributed by atoms with Crippen molar-refractivity contribution in [2.75, 3.05) is 0 Å². The summed E-state index contributed by atoms with van der Waals surface area (Å²) in [6.07, 6.45) is 5.98. The van der Waals surface area contributed by atoms with Crippen molar-refractivity contribution in [3.8, 4) is 28.7 Å². The fraction of sp³-hybridized carbons (Fsp3) is 0.320. The lowest BCUT2D eigenvalue weighted by Gasteiger charge is -2.14. The molecule has 0 aliphatic carbocycles. The molecule has 0 spiro atoms. The summed E-state index contributed by atoms with van der Waals surface area (Å²) in [5.74, 6) is -3.28. The minimum absolute atomic E-state index is 0.00940. The lowest BCUT2D eigenvalue weighted by molar-refractivity contribution is 0.0976. The number of benzene rings is 2. The standard InChI is InChI=1S/C25H30O6/c1-15(2)5-4-6-16(3)7-13-19-22(28)21(24(30)25(31)23(19)29)20(27)14-10-17-8-11-18(26)12-9-17/h5,7-9,11-12,26,28-31H,4,6,10,13-14H2,1-3H3/b16-7-. The minimum atomic E-state index is -0.835. The summed E-state index contributed by atoms with van der Waals surface area (Å²) in [6, 6.07) is 6.35. The number of allylic oxidation sites excluding steroid dienone is 4. The normalized spacial score (nSPS) is 11.4. The molecule has 2 aromatic rings. The molecule has 0 aromatic heterocycles. The highest BCUT2D eigenvalue weighted by Gasteiger charge is 2.26. The molecule has 0 heterocycles. The van der Waals surface area contributed by atoms with Gasteiger partial charge < -0.3 is 25.5 Å². The average molecular weight is 427 g/mol. The number of carbonyl (C=O) groups excluding carboxylic acids is 1. The number of carbonyl (C=O) groups is 1. The molecule has 0 bridgehead atoms. The summed E-state index contributed by atoms with van der Waals surface area (Å²) in [5, 5.41) is 50.5. The van der Waals surface area contributed by atoms with Gasteiger partial charge in [-0.15, -0.1) is 0 Å². The monoisotopic (exact) mass is 426 g/mol. The molecule has 0 atom stereocenters. The van der Waals surface area contributed by atoms with Gasteiger partial charge in [-0.25, -0.2) is 0 Å². The van der Waals surface area contributed by atoms with Crippen molar-refractivity contribution in [2.24, 2.45) is 0 Å². The molecule has 0 aliphatic rings. The highest BCUT2D eigenvalue weighted by atomic mass is 16.3. The van der Waals surface area contributed by atoms with E-state index in [0.717, 1.165) is 24.0 Å². The quantitative estimate of drug-likeness (QED) is 0.161. The molecule has 31 heavy (non-hydrogen) atoms. The molecular weight excluding hydrogens is 396 g/mol. The SMILES string of the molecule is CC(C)=CCC/C(C)=C\Cc1c(O)c(O)c(O)c(C(=O)CCc2ccc(O)cc2)c1O. The van der Waals surface area contributed by atoms with E-state index in [1.54, 1.807) is 12.1 Å². The summed E-state index contributed by atoms with van der Waals surface area (Å²) in [7, 11) is 0. The Kier molecular flexibility index (Phi) is 8.14. The van der Waals surface area contributed by atoms with E-state index in [4.69, 9.17) is 0 Å². The van der Waals surface area contributed by atoms with Crippen LogP contribution in [0.15, 0.2) is 47.6 Å². The summed E-state index contributed by atoms with van der Waals surface area (Å²) < 4.78 is 0. The van der Waals surface area contributed by atoms with Crippen molar-refractivity contribution in [3.63, 3.8) is 0 Å². The van der Waals surface area contributed by atoms with E-state index in [1.165, 1.54) is 17.7 Å². The summed E-state index contributed by atoms with van der Waals surface area (Å²) in [5.41, 5.74) is 2.64. The van der Waals surface area contributed by atoms with Gasteiger partial charge in [0.1, 0.15) is 17.1 Å². The molecule has 0 aliphatic heterocycles. The predicted octanol–water partition coefficient (Wildman–Crippen LogP) is 5.27. The maximum absolute atomic E-state index is 12.7. The van der Waals surface area contributed by atoms with Gasteiger partial charge in [0.05, 0.1) is 0 Å². The maximum atomic E-state index is 12.7. The van der Waals surface area contributed by atoms with E-state index < -0.39 is 34.3 Å². The number of hydrogen-bond acceptors (Lipinski definition) is 6. The molecule has 2 aromatic carbocycles. The Balaban J connectivity index is 2.24. The van der Waals surface area contributed by atoms with Crippen LogP contribution in [0.25, 0.3) is 0 Å². The Morgan fingerprint density at radius 2 is 1.45 bits per heavy atom. The first-order valence-electron chi connectivity index (χ1n) is 10.2. The number of phenolic OH excluding ortho intramolecular Hbond substituents is 5. The molecule has 0 unspecified atom stereocenters. The largest absolute Gasteiger partial charge is 0.508 e. The minimum Gasteiger partial charge on any atom is -0.508 e. The number of aryl methyl sites for hydroxylation is 1. The van der Waals surface area contributed by atoms with Crippen LogP contribution in [0.1, 0.15) is 61.5 Å². The van der Waals surface area contributed by atoms with E-state index in [-0.39, 0.29) is 24.2 Å². The van der Waals surface area contributed by atoms with Crippen molar-refractivity contribution in [2.45, 2.75) is 52.9 Å². The third-order valence-corrected chi connectivity index (χ3v) is 5.10. The van der Waals surface area contributed by atoms with Crippen LogP contribution >= 0.6 is 0 Å². The molecule has 6 heteroatoms. The zero-order valence-electron chi connectivity index (χ0n) is 18.1. The molecule has 0 saturated carbocycles. The summed E-state index contributed by atoms with van der Waals surface area (Å²) >= 11 is 0. The molecule has 0 amide bonds. The number of rotatable bonds is 9. The van der Waals surface area contributed by atoms with Crippen LogP contribution in [-0.2, 0) is 12.8 Å². The first-order chi connectivity index (χ1) is 14.6. The van der Waals surface area contributed by atoms with Crippen molar-refractivity contribution in [3.05, 3.63) is 64.3 Å². The van der Waals surface area contributed by atoms with Gasteiger partial charge in [-0.3, -0.25) is 4.79 Å². The van der Waals surface area contributed by atoms with Crippen LogP contribution in [0.5, 0.6) is 28.7 Å². The fourth-order valence-electron chi connectivity index (χ4n) is 3.22. The third kappa shape index (κ3) is 6.28. The zero-order valence-corrected chi connectivity index (χ0v) is 18.1. The van der Waals surface area contributed by atoms with Gasteiger partial charge in [-0.05, 0) is 64.2 Å². The van der Waals surface area contributed by atoms with Crippen molar-refractivity contribution >= 4 is 5.78 Å². The van der Waals surface area contributed by atoms with Crippen LogP contribution in [-0.4, -0.2) is 31.3 Å². The predicted molar refractivity (Wildman–Crippen MR) is 120 cm³/mol. The van der Waals surface area contributed by atoms with Crippen LogP contribution < -0.4 is 0 Å². The van der Waals surface area contributed by atoms with Gasteiger partial charge in [-0.1, -0.05) is 35.4 Å². The molecule has 2 rings (SSSR count). The molecular formula is C25H30O6. The Morgan fingerprint density at radius 1 is 0.806 bits per heavy atom. The van der Waals surface area contributed by atoms with Gasteiger partial charge in [0.2, 0.25) is 5.75 Å². The number of phenols is 5. The topological polar surface area (TPSA) is 118 Å². The zero-order chi connectivity index (χ0) is 23.1. The first kappa shape index (κ1) is 23.9. The molecule has 0 saturated heterocycles. The van der Waals surface area contributed by atoms with Crippen LogP contribution in [0.4, 0.5) is 0 Å². The van der Waals surface area contributed by atoms with Gasteiger partial charge >= 0.3 is 0 Å². The molecule has 0 radical (unpaired) electrons. The van der Waals surface area contributed by atoms with Gasteiger partial charge in [0.15, 0.2) is 17.3 Å². The third-order valence-electron chi connectivity index (χ3n) is 5.10. The van der Waals surface area contributed by atoms with Gasteiger partial charge in [0, 0.05) is 12.0 Å². The number of hydrogen-bond donors (Lipinski definition) is 5. The molecule has 6 nitrogen and oxygen atoms in total. The fourth-order valence-corrected chi connectivity index (χ4v) is 3.22. The average Bonchev–Trinajstić information content (AvgIpc) is 2.71. The Hall–Kier alpha value is -3.41. The number of aromatic hydroxyl groups is 5. The van der Waals surface area contributed by atoms with Crippen molar-refractivity contribution < 1.29 is 30.3 Å². The maximum Gasteiger partial charge on any atom is 0.201 e. The Morgan fingerprint density at radius 3 is 2.06 bits per heavy atom. The number of Topliss-reactive ketones (excluding diaryl/α,β-unsaturated/α-hetero) is 1. The van der Waals surface area contributed by atoms with E-state index in [2.05, 4.69) is 6.08 Å². The summed E-state index contributed by atoms with van der Waals surface area (Å²) in [4.78, 5) is 12.7. The molecule has 5 N–H and O–H groups in total. The van der Waals surface area contributed by atoms with E-state index >= 15 is 0 Å². The second kappa shape index (κ2) is 10.6. The van der Waals surface area contributed by atoms with Crippen molar-refractivity contribution in [1.82, 2.24) is 0 Å². The second-order valence-electron chi connectivity index (χ2n) is 7.91. The molecule has 166 valence electrons. The van der Waals surface area contributed by atoms with Gasteiger partial charge in [0.25, 0.3) is 0 Å². The highest BCUT2D eigenvalue weighted by molar-refractivity contribution is 6.03. The lowest BCUT2D eigenvalue weighted by atomic mass is 9.95. The van der Waals surface area contributed by atoms with Crippen LogP contribution in [0.3, 0.4) is 0 Å². The first-order valence-corrected chi connectivity index (χ1v) is 10.2. The molecule has 0 fully saturated rings. The van der Waals surface area contributed by atoms with Gasteiger partial charge in [-0.2, -0.15) is 0 Å².